The number of hydrogen-bond donors (Lipinski definition) is 1. The first-order valence-corrected chi connectivity index (χ1v) is 7.27. The highest BCUT2D eigenvalue weighted by Crippen LogP contribution is 2.64. The fraction of sp³-hybridized carbons (Fsp3) is 0.933. The minimum Gasteiger partial charge on any atom is -0.481 e. The molecule has 3 atom stereocenters. The summed E-state index contributed by atoms with van der Waals surface area (Å²) < 4.78 is 0. The predicted molar refractivity (Wildman–Crippen MR) is 66.6 cm³/mol. The van der Waals surface area contributed by atoms with Crippen LogP contribution < -0.4 is 0 Å². The SMILES string of the molecule is CCC12CC3CC(C1)C(C(C)C(=O)O)C(C3)C2. The normalized spacial score (nSPS) is 49.3. The molecule has 0 spiro atoms. The molecule has 3 unspecified atom stereocenters. The highest BCUT2D eigenvalue weighted by atomic mass is 16.4. The van der Waals surface area contributed by atoms with E-state index in [0.717, 1.165) is 5.92 Å². The van der Waals surface area contributed by atoms with Crippen molar-refractivity contribution in [2.24, 2.45) is 35.0 Å². The summed E-state index contributed by atoms with van der Waals surface area (Å²) in [5.41, 5.74) is 0.602. The van der Waals surface area contributed by atoms with Gasteiger partial charge in [-0.05, 0) is 61.2 Å². The molecule has 0 heterocycles. The summed E-state index contributed by atoms with van der Waals surface area (Å²) in [6, 6.07) is 0. The van der Waals surface area contributed by atoms with Crippen LogP contribution in [-0.4, -0.2) is 11.1 Å². The highest BCUT2D eigenvalue weighted by molar-refractivity contribution is 5.70. The van der Waals surface area contributed by atoms with Gasteiger partial charge in [-0.3, -0.25) is 4.79 Å². The topological polar surface area (TPSA) is 37.3 Å². The monoisotopic (exact) mass is 236 g/mol. The summed E-state index contributed by atoms with van der Waals surface area (Å²) >= 11 is 0. The minimum absolute atomic E-state index is 0.126. The second-order valence-corrected chi connectivity index (χ2v) is 7.03. The van der Waals surface area contributed by atoms with E-state index in [2.05, 4.69) is 6.92 Å². The van der Waals surface area contributed by atoms with E-state index in [1.54, 1.807) is 0 Å². The Hall–Kier alpha value is -0.530. The van der Waals surface area contributed by atoms with Crippen molar-refractivity contribution in [1.29, 1.82) is 0 Å². The molecule has 0 saturated heterocycles. The van der Waals surface area contributed by atoms with E-state index in [4.69, 9.17) is 0 Å². The predicted octanol–water partition coefficient (Wildman–Crippen LogP) is 3.56. The van der Waals surface area contributed by atoms with Crippen molar-refractivity contribution in [2.75, 3.05) is 0 Å². The molecule has 96 valence electrons. The fourth-order valence-electron chi connectivity index (χ4n) is 5.65. The lowest BCUT2D eigenvalue weighted by Crippen LogP contribution is -2.53. The summed E-state index contributed by atoms with van der Waals surface area (Å²) in [7, 11) is 0. The maximum Gasteiger partial charge on any atom is 0.306 e. The zero-order valence-electron chi connectivity index (χ0n) is 11.0. The van der Waals surface area contributed by atoms with E-state index < -0.39 is 5.97 Å². The summed E-state index contributed by atoms with van der Waals surface area (Å²) in [6.07, 6.45) is 8.02. The van der Waals surface area contributed by atoms with Crippen molar-refractivity contribution >= 4 is 5.97 Å². The Labute approximate surface area is 104 Å². The van der Waals surface area contributed by atoms with Crippen molar-refractivity contribution in [1.82, 2.24) is 0 Å². The number of hydrogen-bond acceptors (Lipinski definition) is 1. The molecule has 0 aromatic heterocycles. The van der Waals surface area contributed by atoms with Crippen LogP contribution in [0.25, 0.3) is 0 Å². The molecule has 4 rings (SSSR count). The molecular weight excluding hydrogens is 212 g/mol. The van der Waals surface area contributed by atoms with E-state index in [-0.39, 0.29) is 5.92 Å². The van der Waals surface area contributed by atoms with Crippen LogP contribution in [0.3, 0.4) is 0 Å². The average molecular weight is 236 g/mol. The van der Waals surface area contributed by atoms with Crippen LogP contribution in [0.4, 0.5) is 0 Å². The molecule has 2 heteroatoms. The van der Waals surface area contributed by atoms with Gasteiger partial charge in [0.15, 0.2) is 0 Å². The van der Waals surface area contributed by atoms with Crippen LogP contribution >= 0.6 is 0 Å². The van der Waals surface area contributed by atoms with Gasteiger partial charge in [-0.25, -0.2) is 0 Å². The van der Waals surface area contributed by atoms with Gasteiger partial charge in [0.2, 0.25) is 0 Å². The molecule has 1 N–H and O–H groups in total. The lowest BCUT2D eigenvalue weighted by molar-refractivity contribution is -0.156. The average Bonchev–Trinajstić information content (AvgIpc) is 2.27. The number of aliphatic carboxylic acids is 1. The zero-order valence-corrected chi connectivity index (χ0v) is 11.0. The second-order valence-electron chi connectivity index (χ2n) is 7.03. The third kappa shape index (κ3) is 1.63. The van der Waals surface area contributed by atoms with E-state index in [0.29, 0.717) is 23.2 Å². The molecule has 4 aliphatic carbocycles. The molecular formula is C15H24O2. The molecule has 4 aliphatic rings. The summed E-state index contributed by atoms with van der Waals surface area (Å²) in [5, 5.41) is 9.29. The first-order valence-electron chi connectivity index (χ1n) is 7.27. The molecule has 0 radical (unpaired) electrons. The Morgan fingerprint density at radius 2 is 1.88 bits per heavy atom. The maximum atomic E-state index is 11.3. The summed E-state index contributed by atoms with van der Waals surface area (Å²) in [6.45, 7) is 4.27. The van der Waals surface area contributed by atoms with Crippen LogP contribution in [0, 0.1) is 35.0 Å². The quantitative estimate of drug-likeness (QED) is 0.813. The van der Waals surface area contributed by atoms with Crippen molar-refractivity contribution in [2.45, 2.75) is 52.4 Å². The second kappa shape index (κ2) is 3.73. The Kier molecular flexibility index (Phi) is 2.53. The highest BCUT2D eigenvalue weighted by Gasteiger charge is 2.56. The fourth-order valence-corrected chi connectivity index (χ4v) is 5.65. The number of carbonyl (C=O) groups is 1. The smallest absolute Gasteiger partial charge is 0.306 e. The van der Waals surface area contributed by atoms with Crippen molar-refractivity contribution < 1.29 is 9.90 Å². The number of carboxylic acids is 1. The van der Waals surface area contributed by atoms with Crippen LogP contribution in [0.5, 0.6) is 0 Å². The Morgan fingerprint density at radius 1 is 1.29 bits per heavy atom. The van der Waals surface area contributed by atoms with Crippen LogP contribution in [0.15, 0.2) is 0 Å². The van der Waals surface area contributed by atoms with Crippen molar-refractivity contribution in [3.63, 3.8) is 0 Å². The molecule has 0 aliphatic heterocycles. The largest absolute Gasteiger partial charge is 0.481 e. The Morgan fingerprint density at radius 3 is 2.35 bits per heavy atom. The van der Waals surface area contributed by atoms with Gasteiger partial charge in [-0.1, -0.05) is 20.3 Å². The van der Waals surface area contributed by atoms with Crippen LogP contribution in [0.2, 0.25) is 0 Å². The molecule has 17 heavy (non-hydrogen) atoms. The zero-order chi connectivity index (χ0) is 12.2. The first-order chi connectivity index (χ1) is 8.04. The van der Waals surface area contributed by atoms with Crippen molar-refractivity contribution in [3.05, 3.63) is 0 Å². The van der Waals surface area contributed by atoms with Crippen molar-refractivity contribution in [3.8, 4) is 0 Å². The van der Waals surface area contributed by atoms with Gasteiger partial charge in [0.25, 0.3) is 0 Å². The molecule has 4 saturated carbocycles. The van der Waals surface area contributed by atoms with E-state index >= 15 is 0 Å². The molecule has 0 amide bonds. The lowest BCUT2D eigenvalue weighted by atomic mass is 9.44. The Bertz CT molecular complexity index is 320. The number of carboxylic acid groups (broad SMARTS) is 1. The lowest BCUT2D eigenvalue weighted by Gasteiger charge is -2.61. The van der Waals surface area contributed by atoms with Gasteiger partial charge < -0.3 is 5.11 Å². The first kappa shape index (κ1) is 11.6. The molecule has 0 aromatic carbocycles. The number of rotatable bonds is 3. The van der Waals surface area contributed by atoms with E-state index in [1.165, 1.54) is 38.5 Å². The third-order valence-corrected chi connectivity index (χ3v) is 6.19. The van der Waals surface area contributed by atoms with E-state index in [1.807, 2.05) is 6.92 Å². The minimum atomic E-state index is -0.576. The molecule has 4 fully saturated rings. The van der Waals surface area contributed by atoms with Gasteiger partial charge in [-0.15, -0.1) is 0 Å². The maximum absolute atomic E-state index is 11.3. The molecule has 2 nitrogen and oxygen atoms in total. The summed E-state index contributed by atoms with van der Waals surface area (Å²) in [5.74, 6) is 2.12. The van der Waals surface area contributed by atoms with Crippen LogP contribution in [-0.2, 0) is 4.79 Å². The summed E-state index contributed by atoms with van der Waals surface area (Å²) in [4.78, 5) is 11.3. The standard InChI is InChI=1S/C15H24O2/c1-3-15-6-10-4-11(7-15)13(9(2)14(16)17)12(5-10)8-15/h9-13H,3-8H2,1-2H3,(H,16,17). The van der Waals surface area contributed by atoms with Gasteiger partial charge in [0, 0.05) is 0 Å². The van der Waals surface area contributed by atoms with E-state index in [9.17, 15) is 9.90 Å². The van der Waals surface area contributed by atoms with Gasteiger partial charge in [-0.2, -0.15) is 0 Å². The molecule has 4 bridgehead atoms. The molecule has 0 aromatic rings. The van der Waals surface area contributed by atoms with Gasteiger partial charge in [0.05, 0.1) is 5.92 Å². The third-order valence-electron chi connectivity index (χ3n) is 6.19. The van der Waals surface area contributed by atoms with Crippen LogP contribution in [0.1, 0.15) is 52.4 Å². The Balaban J connectivity index is 1.86. The van der Waals surface area contributed by atoms with Gasteiger partial charge in [0.1, 0.15) is 0 Å². The van der Waals surface area contributed by atoms with Gasteiger partial charge >= 0.3 is 5.97 Å².